The van der Waals surface area contributed by atoms with Gasteiger partial charge in [-0.3, -0.25) is 9.59 Å². The Labute approximate surface area is 174 Å². The van der Waals surface area contributed by atoms with Gasteiger partial charge in [-0.05, 0) is 62.4 Å². The van der Waals surface area contributed by atoms with Gasteiger partial charge in [0.1, 0.15) is 23.7 Å². The van der Waals surface area contributed by atoms with Crippen LogP contribution in [0.4, 0.5) is 0 Å². The van der Waals surface area contributed by atoms with E-state index in [2.05, 4.69) is 0 Å². The van der Waals surface area contributed by atoms with Gasteiger partial charge in [0, 0.05) is 6.07 Å². The molecule has 0 saturated carbocycles. The van der Waals surface area contributed by atoms with Crippen molar-refractivity contribution in [3.63, 3.8) is 0 Å². The molecule has 0 bridgehead atoms. The summed E-state index contributed by atoms with van der Waals surface area (Å²) in [7, 11) is 0. The van der Waals surface area contributed by atoms with E-state index in [4.69, 9.17) is 9.15 Å². The first-order valence-corrected chi connectivity index (χ1v) is 10.1. The van der Waals surface area contributed by atoms with Crippen LogP contribution in [0.25, 0.3) is 11.0 Å². The minimum atomic E-state index is -0.732. The summed E-state index contributed by atoms with van der Waals surface area (Å²) in [5.74, 6) is 1.02. The normalized spacial score (nSPS) is 14.4. The maximum atomic E-state index is 12.4. The Morgan fingerprint density at radius 2 is 1.93 bits per heavy atom. The molecular formula is C25H24O5. The van der Waals surface area contributed by atoms with E-state index in [1.165, 1.54) is 6.07 Å². The summed E-state index contributed by atoms with van der Waals surface area (Å²) in [6.45, 7) is 3.76. The molecule has 1 atom stereocenters. The van der Waals surface area contributed by atoms with Crippen LogP contribution in [0.5, 0.6) is 5.75 Å². The monoisotopic (exact) mass is 404 g/mol. The minimum Gasteiger partial charge on any atom is -0.490 e. The predicted octanol–water partition coefficient (Wildman–Crippen LogP) is 4.16. The van der Waals surface area contributed by atoms with Crippen LogP contribution >= 0.6 is 0 Å². The molecule has 5 nitrogen and oxygen atoms in total. The molecule has 3 aromatic rings. The molecule has 0 fully saturated rings. The van der Waals surface area contributed by atoms with Crippen LogP contribution in [0.15, 0.2) is 63.3 Å². The molecule has 0 spiro atoms. The summed E-state index contributed by atoms with van der Waals surface area (Å²) < 4.78 is 11.4. The van der Waals surface area contributed by atoms with Crippen molar-refractivity contribution in [3.8, 4) is 5.75 Å². The van der Waals surface area contributed by atoms with Crippen LogP contribution < -0.4 is 10.2 Å². The number of carbonyl (C=O) groups excluding carboxylic acids is 1. The number of aliphatic hydroxyl groups is 1. The van der Waals surface area contributed by atoms with Crippen molar-refractivity contribution in [1.82, 2.24) is 0 Å². The third kappa shape index (κ3) is 4.07. The van der Waals surface area contributed by atoms with Crippen molar-refractivity contribution in [3.05, 3.63) is 86.8 Å². The highest BCUT2D eigenvalue weighted by atomic mass is 16.5. The van der Waals surface area contributed by atoms with Crippen LogP contribution in [0.1, 0.15) is 40.6 Å². The van der Waals surface area contributed by atoms with Crippen LogP contribution in [0, 0.1) is 6.92 Å². The molecule has 1 aliphatic rings. The Morgan fingerprint density at radius 3 is 2.77 bits per heavy atom. The van der Waals surface area contributed by atoms with Crippen molar-refractivity contribution >= 4 is 16.8 Å². The van der Waals surface area contributed by atoms with Gasteiger partial charge in [0.2, 0.25) is 0 Å². The molecule has 1 N–H and O–H groups in total. The fourth-order valence-electron chi connectivity index (χ4n) is 3.97. The summed E-state index contributed by atoms with van der Waals surface area (Å²) in [5.41, 5.74) is 3.88. The number of rotatable bonds is 6. The summed E-state index contributed by atoms with van der Waals surface area (Å²) >= 11 is 0. The number of benzene rings is 2. The number of allylic oxidation sites excluding steroid dienone is 2. The molecule has 0 amide bonds. The molecule has 0 aliphatic heterocycles. The Morgan fingerprint density at radius 1 is 1.13 bits per heavy atom. The van der Waals surface area contributed by atoms with E-state index in [0.29, 0.717) is 40.9 Å². The van der Waals surface area contributed by atoms with Gasteiger partial charge in [0.25, 0.3) is 0 Å². The first-order valence-electron chi connectivity index (χ1n) is 10.1. The van der Waals surface area contributed by atoms with Gasteiger partial charge in [0.15, 0.2) is 11.2 Å². The average molecular weight is 404 g/mol. The number of hydrogen-bond acceptors (Lipinski definition) is 5. The molecule has 1 aromatic heterocycles. The fourth-order valence-corrected chi connectivity index (χ4v) is 3.97. The van der Waals surface area contributed by atoms with E-state index in [1.807, 2.05) is 31.2 Å². The van der Waals surface area contributed by atoms with Gasteiger partial charge >= 0.3 is 0 Å². The molecular weight excluding hydrogens is 380 g/mol. The number of ether oxygens (including phenoxy) is 1. The summed E-state index contributed by atoms with van der Waals surface area (Å²) in [5, 5.41) is 11.0. The van der Waals surface area contributed by atoms with E-state index >= 15 is 0 Å². The molecule has 30 heavy (non-hydrogen) atoms. The van der Waals surface area contributed by atoms with Gasteiger partial charge in [0.05, 0.1) is 17.1 Å². The summed E-state index contributed by atoms with van der Waals surface area (Å²) in [6, 6.07) is 12.5. The van der Waals surface area contributed by atoms with Crippen LogP contribution in [0.2, 0.25) is 0 Å². The van der Waals surface area contributed by atoms with E-state index in [1.54, 1.807) is 25.1 Å². The maximum absolute atomic E-state index is 12.4. The zero-order valence-electron chi connectivity index (χ0n) is 17.1. The number of aryl methyl sites for hydroxylation is 2. The fraction of sp³-hybridized carbons (Fsp3) is 0.280. The first-order chi connectivity index (χ1) is 14.4. The lowest BCUT2D eigenvalue weighted by Crippen LogP contribution is -2.20. The second kappa shape index (κ2) is 8.28. The topological polar surface area (TPSA) is 76.7 Å². The van der Waals surface area contributed by atoms with Crippen LogP contribution in [-0.2, 0) is 12.8 Å². The smallest absolute Gasteiger partial charge is 0.193 e. The van der Waals surface area contributed by atoms with Crippen LogP contribution in [-0.4, -0.2) is 23.6 Å². The number of ketones is 1. The van der Waals surface area contributed by atoms with E-state index < -0.39 is 6.10 Å². The van der Waals surface area contributed by atoms with E-state index in [9.17, 15) is 14.7 Å². The van der Waals surface area contributed by atoms with Gasteiger partial charge < -0.3 is 14.3 Å². The lowest BCUT2D eigenvalue weighted by Gasteiger charge is -2.19. The molecule has 2 aromatic carbocycles. The van der Waals surface area contributed by atoms with Crippen molar-refractivity contribution in [2.45, 2.75) is 39.2 Å². The Kier molecular flexibility index (Phi) is 5.55. The van der Waals surface area contributed by atoms with Crippen molar-refractivity contribution in [2.24, 2.45) is 0 Å². The number of aliphatic hydroxyl groups excluding tert-OH is 1. The molecule has 0 saturated heterocycles. The largest absolute Gasteiger partial charge is 0.490 e. The summed E-state index contributed by atoms with van der Waals surface area (Å²) in [4.78, 5) is 24.8. The van der Waals surface area contributed by atoms with Gasteiger partial charge in [-0.25, -0.2) is 0 Å². The van der Waals surface area contributed by atoms with Crippen molar-refractivity contribution < 1.29 is 19.1 Å². The zero-order chi connectivity index (χ0) is 21.3. The minimum absolute atomic E-state index is 0.0587. The molecule has 1 unspecified atom stereocenters. The first kappa shape index (κ1) is 20.1. The summed E-state index contributed by atoms with van der Waals surface area (Å²) in [6.07, 6.45) is 2.57. The third-order valence-corrected chi connectivity index (χ3v) is 5.35. The maximum Gasteiger partial charge on any atom is 0.193 e. The highest BCUT2D eigenvalue weighted by Gasteiger charge is 2.21. The lowest BCUT2D eigenvalue weighted by atomic mass is 9.91. The molecule has 154 valence electrons. The SMILES string of the molecule is CC1=CC(=O)c2c(cccc2OCC(O)CCc2cccc3oc(C)cc(=O)c23)C1. The molecule has 1 aliphatic carbocycles. The lowest BCUT2D eigenvalue weighted by molar-refractivity contribution is 0.0959. The standard InChI is InChI=1S/C25H24O5/c1-15-11-18-6-4-7-22(25(18)20(27)12-15)29-14-19(26)10-9-17-5-3-8-23-24(17)21(28)13-16(2)30-23/h3-8,12-13,19,26H,9-11,14H2,1-2H3. The second-order valence-electron chi connectivity index (χ2n) is 7.84. The number of fused-ring (bicyclic) bond motifs is 2. The molecule has 1 heterocycles. The zero-order valence-corrected chi connectivity index (χ0v) is 17.1. The number of hydrogen-bond donors (Lipinski definition) is 1. The Balaban J connectivity index is 1.44. The third-order valence-electron chi connectivity index (χ3n) is 5.35. The van der Waals surface area contributed by atoms with Crippen molar-refractivity contribution in [2.75, 3.05) is 6.61 Å². The Bertz CT molecular complexity index is 1200. The number of carbonyl (C=O) groups is 1. The second-order valence-corrected chi connectivity index (χ2v) is 7.84. The van der Waals surface area contributed by atoms with E-state index in [-0.39, 0.29) is 17.8 Å². The van der Waals surface area contributed by atoms with Gasteiger partial charge in [-0.1, -0.05) is 29.8 Å². The van der Waals surface area contributed by atoms with Gasteiger partial charge in [-0.2, -0.15) is 0 Å². The van der Waals surface area contributed by atoms with Gasteiger partial charge in [-0.15, -0.1) is 0 Å². The van der Waals surface area contributed by atoms with E-state index in [0.717, 1.165) is 23.1 Å². The predicted molar refractivity (Wildman–Crippen MR) is 115 cm³/mol. The quantitative estimate of drug-likeness (QED) is 0.668. The van der Waals surface area contributed by atoms with Crippen molar-refractivity contribution in [1.29, 1.82) is 0 Å². The molecule has 0 radical (unpaired) electrons. The molecule has 4 rings (SSSR count). The highest BCUT2D eigenvalue weighted by Crippen LogP contribution is 2.29. The van der Waals surface area contributed by atoms with Crippen LogP contribution in [0.3, 0.4) is 0 Å². The Hall–Kier alpha value is -3.18. The average Bonchev–Trinajstić information content (AvgIpc) is 2.69. The molecule has 5 heteroatoms. The highest BCUT2D eigenvalue weighted by molar-refractivity contribution is 6.09.